The van der Waals surface area contributed by atoms with E-state index < -0.39 is 0 Å². The fourth-order valence-corrected chi connectivity index (χ4v) is 3.51. The average molecular weight is 383 g/mol. The van der Waals surface area contributed by atoms with Crippen LogP contribution < -0.4 is 14.8 Å². The molecule has 1 fully saturated rings. The summed E-state index contributed by atoms with van der Waals surface area (Å²) in [7, 11) is 1.66. The summed E-state index contributed by atoms with van der Waals surface area (Å²) in [6.45, 7) is 1.71. The molecule has 0 heterocycles. The van der Waals surface area contributed by atoms with Crippen LogP contribution in [-0.2, 0) is 11.3 Å². The minimum atomic E-state index is -0.340. The highest BCUT2D eigenvalue weighted by molar-refractivity contribution is 5.67. The van der Waals surface area contributed by atoms with Crippen LogP contribution in [0.25, 0.3) is 0 Å². The quantitative estimate of drug-likeness (QED) is 0.711. The predicted octanol–water partition coefficient (Wildman–Crippen LogP) is 4.81. The summed E-state index contributed by atoms with van der Waals surface area (Å²) < 4.78 is 16.4. The highest BCUT2D eigenvalue weighted by Crippen LogP contribution is 2.29. The number of benzene rings is 2. The highest BCUT2D eigenvalue weighted by atomic mass is 16.5. The van der Waals surface area contributed by atoms with Gasteiger partial charge in [-0.2, -0.15) is 0 Å². The van der Waals surface area contributed by atoms with Gasteiger partial charge < -0.3 is 19.5 Å². The third-order valence-corrected chi connectivity index (χ3v) is 5.24. The van der Waals surface area contributed by atoms with Gasteiger partial charge in [-0.1, -0.05) is 36.4 Å². The number of carbonyl (C=O) groups is 1. The molecule has 2 aromatic carbocycles. The van der Waals surface area contributed by atoms with Crippen molar-refractivity contribution in [2.45, 2.75) is 32.3 Å². The maximum Gasteiger partial charge on any atom is 0.407 e. The van der Waals surface area contributed by atoms with E-state index in [-0.39, 0.29) is 6.09 Å². The standard InChI is InChI=1S/C23H29NO4/c1-26-21-8-5-9-22(14-21)27-16-20-12-10-18(11-13-20)15-24-23(25)28-17-19-6-3-2-4-7-19/h2-9,14,18,20H,10-13,15-17H2,1H3,(H,24,25)/t18-,20+. The SMILES string of the molecule is COc1cccc(OC[C@H]2CC[C@@H](CNC(=O)OCc3ccccc3)CC2)c1. The van der Waals surface area contributed by atoms with E-state index in [0.717, 1.165) is 49.4 Å². The number of carbonyl (C=O) groups excluding carboxylic acids is 1. The second-order valence-corrected chi connectivity index (χ2v) is 7.32. The maximum atomic E-state index is 11.9. The molecule has 0 unspecified atom stereocenters. The maximum absolute atomic E-state index is 11.9. The number of alkyl carbamates (subject to hydrolysis) is 1. The third-order valence-electron chi connectivity index (χ3n) is 5.24. The van der Waals surface area contributed by atoms with E-state index in [1.165, 1.54) is 0 Å². The number of methoxy groups -OCH3 is 1. The van der Waals surface area contributed by atoms with Crippen LogP contribution >= 0.6 is 0 Å². The average Bonchev–Trinajstić information content (AvgIpc) is 2.76. The van der Waals surface area contributed by atoms with Gasteiger partial charge >= 0.3 is 6.09 Å². The molecule has 1 saturated carbocycles. The van der Waals surface area contributed by atoms with Gasteiger partial charge in [-0.25, -0.2) is 4.79 Å². The summed E-state index contributed by atoms with van der Waals surface area (Å²) in [6, 6.07) is 17.4. The highest BCUT2D eigenvalue weighted by Gasteiger charge is 2.22. The van der Waals surface area contributed by atoms with E-state index in [1.54, 1.807) is 7.11 Å². The number of nitrogens with one attached hydrogen (secondary N) is 1. The molecule has 1 amide bonds. The van der Waals surface area contributed by atoms with Crippen molar-refractivity contribution in [3.8, 4) is 11.5 Å². The normalized spacial score (nSPS) is 18.9. The zero-order valence-corrected chi connectivity index (χ0v) is 16.4. The van der Waals surface area contributed by atoms with Gasteiger partial charge in [-0.05, 0) is 55.2 Å². The molecule has 150 valence electrons. The van der Waals surface area contributed by atoms with Crippen molar-refractivity contribution in [3.63, 3.8) is 0 Å². The van der Waals surface area contributed by atoms with Gasteiger partial charge in [-0.15, -0.1) is 0 Å². The molecular formula is C23H29NO4. The second-order valence-electron chi connectivity index (χ2n) is 7.32. The Morgan fingerprint density at radius 3 is 2.43 bits per heavy atom. The Labute approximate surface area is 167 Å². The van der Waals surface area contributed by atoms with E-state index in [4.69, 9.17) is 14.2 Å². The molecule has 0 bridgehead atoms. The Morgan fingerprint density at radius 2 is 1.68 bits per heavy atom. The van der Waals surface area contributed by atoms with E-state index in [0.29, 0.717) is 25.0 Å². The topological polar surface area (TPSA) is 56.8 Å². The lowest BCUT2D eigenvalue weighted by Crippen LogP contribution is -2.32. The lowest BCUT2D eigenvalue weighted by molar-refractivity contribution is 0.134. The predicted molar refractivity (Wildman–Crippen MR) is 109 cm³/mol. The minimum Gasteiger partial charge on any atom is -0.497 e. The monoisotopic (exact) mass is 383 g/mol. The first kappa shape index (κ1) is 20.1. The van der Waals surface area contributed by atoms with Crippen molar-refractivity contribution in [2.75, 3.05) is 20.3 Å². The first-order chi connectivity index (χ1) is 13.7. The van der Waals surface area contributed by atoms with Crippen molar-refractivity contribution in [1.82, 2.24) is 5.32 Å². The van der Waals surface area contributed by atoms with Gasteiger partial charge in [0.1, 0.15) is 18.1 Å². The molecule has 1 aliphatic rings. The molecule has 2 aromatic rings. The fraction of sp³-hybridized carbons (Fsp3) is 0.435. The van der Waals surface area contributed by atoms with Gasteiger partial charge in [-0.3, -0.25) is 0 Å². The molecule has 0 atom stereocenters. The third kappa shape index (κ3) is 6.48. The summed E-state index contributed by atoms with van der Waals surface area (Å²) in [5, 5.41) is 2.90. The first-order valence-corrected chi connectivity index (χ1v) is 9.94. The molecule has 1 N–H and O–H groups in total. The van der Waals surface area contributed by atoms with E-state index in [2.05, 4.69) is 5.32 Å². The molecule has 0 aliphatic heterocycles. The van der Waals surface area contributed by atoms with Crippen LogP contribution in [0.15, 0.2) is 54.6 Å². The lowest BCUT2D eigenvalue weighted by atomic mass is 9.82. The molecule has 0 spiro atoms. The molecule has 0 aromatic heterocycles. The molecule has 5 heteroatoms. The summed E-state index contributed by atoms with van der Waals surface area (Å²) >= 11 is 0. The van der Waals surface area contributed by atoms with Gasteiger partial charge in [0.05, 0.1) is 13.7 Å². The van der Waals surface area contributed by atoms with Crippen LogP contribution in [-0.4, -0.2) is 26.4 Å². The number of amides is 1. The van der Waals surface area contributed by atoms with Gasteiger partial charge in [0.15, 0.2) is 0 Å². The van der Waals surface area contributed by atoms with E-state index in [1.807, 2.05) is 54.6 Å². The minimum absolute atomic E-state index is 0.307. The molecule has 0 saturated heterocycles. The zero-order valence-electron chi connectivity index (χ0n) is 16.4. The Morgan fingerprint density at radius 1 is 0.964 bits per heavy atom. The Balaban J connectivity index is 1.30. The van der Waals surface area contributed by atoms with E-state index >= 15 is 0 Å². The number of hydrogen-bond donors (Lipinski definition) is 1. The summed E-state index contributed by atoms with van der Waals surface area (Å²) in [5.74, 6) is 2.74. The molecular weight excluding hydrogens is 354 g/mol. The summed E-state index contributed by atoms with van der Waals surface area (Å²) in [5.41, 5.74) is 0.995. The Hall–Kier alpha value is -2.69. The number of rotatable bonds is 8. The van der Waals surface area contributed by atoms with Gasteiger partial charge in [0, 0.05) is 12.6 Å². The smallest absolute Gasteiger partial charge is 0.407 e. The largest absolute Gasteiger partial charge is 0.497 e. The van der Waals surface area contributed by atoms with Gasteiger partial charge in [0.25, 0.3) is 0 Å². The van der Waals surface area contributed by atoms with Crippen LogP contribution in [0.4, 0.5) is 4.79 Å². The van der Waals surface area contributed by atoms with Crippen molar-refractivity contribution in [3.05, 3.63) is 60.2 Å². The first-order valence-electron chi connectivity index (χ1n) is 9.94. The van der Waals surface area contributed by atoms with Gasteiger partial charge in [0.2, 0.25) is 0 Å². The Bertz CT molecular complexity index is 726. The van der Waals surface area contributed by atoms with Crippen molar-refractivity contribution < 1.29 is 19.0 Å². The van der Waals surface area contributed by atoms with Crippen molar-refractivity contribution >= 4 is 6.09 Å². The Kier molecular flexibility index (Phi) is 7.59. The molecule has 28 heavy (non-hydrogen) atoms. The van der Waals surface area contributed by atoms with Crippen LogP contribution in [0.2, 0.25) is 0 Å². The van der Waals surface area contributed by atoms with Crippen molar-refractivity contribution in [2.24, 2.45) is 11.8 Å². The fourth-order valence-electron chi connectivity index (χ4n) is 3.51. The van der Waals surface area contributed by atoms with Crippen LogP contribution in [0.5, 0.6) is 11.5 Å². The van der Waals surface area contributed by atoms with Crippen LogP contribution in [0, 0.1) is 11.8 Å². The van der Waals surface area contributed by atoms with Crippen molar-refractivity contribution in [1.29, 1.82) is 0 Å². The summed E-state index contributed by atoms with van der Waals surface area (Å²) in [6.07, 6.45) is 4.10. The molecule has 3 rings (SSSR count). The lowest BCUT2D eigenvalue weighted by Gasteiger charge is -2.28. The zero-order chi connectivity index (χ0) is 19.6. The molecule has 5 nitrogen and oxygen atoms in total. The van der Waals surface area contributed by atoms with Crippen LogP contribution in [0.3, 0.4) is 0 Å². The molecule has 0 radical (unpaired) electrons. The van der Waals surface area contributed by atoms with Crippen LogP contribution in [0.1, 0.15) is 31.2 Å². The number of hydrogen-bond acceptors (Lipinski definition) is 4. The van der Waals surface area contributed by atoms with E-state index in [9.17, 15) is 4.79 Å². The second kappa shape index (κ2) is 10.6. The summed E-state index contributed by atoms with van der Waals surface area (Å²) in [4.78, 5) is 11.9. The number of ether oxygens (including phenoxy) is 3. The molecule has 1 aliphatic carbocycles.